The molecule has 0 atom stereocenters. The van der Waals surface area contributed by atoms with Crippen molar-refractivity contribution < 1.29 is 9.53 Å². The number of nitrogens with zero attached hydrogens (tertiary/aromatic N) is 3. The second-order valence-corrected chi connectivity index (χ2v) is 3.47. The Bertz CT molecular complexity index is 316. The number of carbonyl (C=O) groups is 1. The summed E-state index contributed by atoms with van der Waals surface area (Å²) in [5.41, 5.74) is 0. The van der Waals surface area contributed by atoms with E-state index in [2.05, 4.69) is 15.3 Å². The summed E-state index contributed by atoms with van der Waals surface area (Å²) in [6.45, 7) is 1.34. The summed E-state index contributed by atoms with van der Waals surface area (Å²) in [5.74, 6) is -0.172. The topological polar surface area (TPSA) is 67.4 Å². The molecule has 0 bridgehead atoms. The molecule has 1 aromatic heterocycles. The summed E-state index contributed by atoms with van der Waals surface area (Å²) in [7, 11) is 3.89. The Morgan fingerprint density at radius 3 is 2.75 bits per heavy atom. The highest BCUT2D eigenvalue weighted by Crippen LogP contribution is 1.96. The van der Waals surface area contributed by atoms with Crippen LogP contribution in [0.2, 0.25) is 0 Å². The van der Waals surface area contributed by atoms with E-state index in [4.69, 9.17) is 4.74 Å². The van der Waals surface area contributed by atoms with Gasteiger partial charge in [0.1, 0.15) is 0 Å². The fraction of sp³-hybridized carbons (Fsp3) is 0.500. The number of ether oxygens (including phenoxy) is 1. The van der Waals surface area contributed by atoms with Crippen molar-refractivity contribution in [3.8, 4) is 6.01 Å². The normalized spacial score (nSPS) is 10.2. The van der Waals surface area contributed by atoms with Crippen molar-refractivity contribution in [2.24, 2.45) is 0 Å². The van der Waals surface area contributed by atoms with Gasteiger partial charge in [0.2, 0.25) is 0 Å². The molecule has 0 unspecified atom stereocenters. The molecule has 0 aliphatic carbocycles. The lowest BCUT2D eigenvalue weighted by molar-refractivity contribution is -0.123. The van der Waals surface area contributed by atoms with Crippen LogP contribution in [0.15, 0.2) is 18.5 Å². The molecule has 0 saturated heterocycles. The van der Waals surface area contributed by atoms with Crippen molar-refractivity contribution in [1.29, 1.82) is 0 Å². The molecule has 1 N–H and O–H groups in total. The van der Waals surface area contributed by atoms with Crippen LogP contribution in [0.5, 0.6) is 6.01 Å². The number of hydrogen-bond acceptors (Lipinski definition) is 5. The van der Waals surface area contributed by atoms with E-state index < -0.39 is 0 Å². The van der Waals surface area contributed by atoms with E-state index in [9.17, 15) is 4.79 Å². The van der Waals surface area contributed by atoms with Crippen molar-refractivity contribution >= 4 is 5.91 Å². The maximum atomic E-state index is 11.3. The predicted molar refractivity (Wildman–Crippen MR) is 59.1 cm³/mol. The SMILES string of the molecule is CN(C)CCNC(=O)COc1ncccn1. The van der Waals surface area contributed by atoms with Crippen molar-refractivity contribution in [3.63, 3.8) is 0 Å². The molecule has 1 amide bonds. The minimum atomic E-state index is -0.172. The zero-order valence-electron chi connectivity index (χ0n) is 9.51. The van der Waals surface area contributed by atoms with Gasteiger partial charge in [-0.15, -0.1) is 0 Å². The molecule has 0 aliphatic rings. The Balaban J connectivity index is 2.16. The minimum Gasteiger partial charge on any atom is -0.453 e. The highest BCUT2D eigenvalue weighted by Gasteiger charge is 2.03. The molecule has 16 heavy (non-hydrogen) atoms. The highest BCUT2D eigenvalue weighted by atomic mass is 16.5. The lowest BCUT2D eigenvalue weighted by Crippen LogP contribution is -2.34. The molecular formula is C10H16N4O2. The molecule has 0 radical (unpaired) electrons. The van der Waals surface area contributed by atoms with Gasteiger partial charge in [-0.2, -0.15) is 0 Å². The van der Waals surface area contributed by atoms with Gasteiger partial charge in [-0.1, -0.05) is 0 Å². The van der Waals surface area contributed by atoms with Crippen LogP contribution >= 0.6 is 0 Å². The van der Waals surface area contributed by atoms with Crippen LogP contribution in [0, 0.1) is 0 Å². The Hall–Kier alpha value is -1.69. The average molecular weight is 224 g/mol. The Morgan fingerprint density at radius 2 is 2.12 bits per heavy atom. The summed E-state index contributed by atoms with van der Waals surface area (Å²) >= 11 is 0. The van der Waals surface area contributed by atoms with Crippen molar-refractivity contribution in [2.75, 3.05) is 33.8 Å². The third kappa shape index (κ3) is 5.26. The maximum absolute atomic E-state index is 11.3. The van der Waals surface area contributed by atoms with Gasteiger partial charge in [0, 0.05) is 25.5 Å². The number of nitrogens with one attached hydrogen (secondary N) is 1. The summed E-state index contributed by atoms with van der Waals surface area (Å²) in [6, 6.07) is 1.90. The van der Waals surface area contributed by atoms with E-state index in [0.717, 1.165) is 6.54 Å². The molecule has 1 rings (SSSR count). The molecule has 6 nitrogen and oxygen atoms in total. The van der Waals surface area contributed by atoms with Gasteiger partial charge in [-0.25, -0.2) is 9.97 Å². The van der Waals surface area contributed by atoms with Gasteiger partial charge >= 0.3 is 6.01 Å². The van der Waals surface area contributed by atoms with Crippen LogP contribution in [0.4, 0.5) is 0 Å². The fourth-order valence-corrected chi connectivity index (χ4v) is 0.960. The fourth-order valence-electron chi connectivity index (χ4n) is 0.960. The number of hydrogen-bond donors (Lipinski definition) is 1. The monoisotopic (exact) mass is 224 g/mol. The van der Waals surface area contributed by atoms with E-state index in [1.165, 1.54) is 0 Å². The lowest BCUT2D eigenvalue weighted by Gasteiger charge is -2.10. The van der Waals surface area contributed by atoms with Gasteiger partial charge in [-0.3, -0.25) is 4.79 Å². The first-order valence-electron chi connectivity index (χ1n) is 4.99. The predicted octanol–water partition coefficient (Wildman–Crippen LogP) is -0.467. The number of amides is 1. The van der Waals surface area contributed by atoms with Gasteiger partial charge < -0.3 is 15.0 Å². The first-order chi connectivity index (χ1) is 7.68. The summed E-state index contributed by atoms with van der Waals surface area (Å²) in [6.07, 6.45) is 3.12. The van der Waals surface area contributed by atoms with Gasteiger partial charge in [-0.05, 0) is 20.2 Å². The lowest BCUT2D eigenvalue weighted by atomic mass is 10.5. The second kappa shape index (κ2) is 6.73. The quantitative estimate of drug-likeness (QED) is 0.707. The zero-order valence-corrected chi connectivity index (χ0v) is 9.51. The average Bonchev–Trinajstić information content (AvgIpc) is 2.27. The second-order valence-electron chi connectivity index (χ2n) is 3.47. The minimum absolute atomic E-state index is 0.0581. The van der Waals surface area contributed by atoms with E-state index >= 15 is 0 Å². The van der Waals surface area contributed by atoms with Crippen LogP contribution in [0.25, 0.3) is 0 Å². The molecular weight excluding hydrogens is 208 g/mol. The summed E-state index contributed by atoms with van der Waals surface area (Å²) in [5, 5.41) is 2.72. The summed E-state index contributed by atoms with van der Waals surface area (Å²) < 4.78 is 5.08. The van der Waals surface area contributed by atoms with Gasteiger partial charge in [0.15, 0.2) is 6.61 Å². The Morgan fingerprint density at radius 1 is 1.44 bits per heavy atom. The van der Waals surface area contributed by atoms with Gasteiger partial charge in [0.25, 0.3) is 5.91 Å². The van der Waals surface area contributed by atoms with Crippen molar-refractivity contribution in [1.82, 2.24) is 20.2 Å². The molecule has 1 heterocycles. The van der Waals surface area contributed by atoms with Crippen molar-refractivity contribution in [3.05, 3.63) is 18.5 Å². The number of aromatic nitrogens is 2. The van der Waals surface area contributed by atoms with Gasteiger partial charge in [0.05, 0.1) is 0 Å². The van der Waals surface area contributed by atoms with E-state index in [1.54, 1.807) is 18.5 Å². The molecule has 1 aromatic rings. The van der Waals surface area contributed by atoms with E-state index in [-0.39, 0.29) is 18.5 Å². The first kappa shape index (κ1) is 12.4. The molecule has 0 aromatic carbocycles. The molecule has 0 fully saturated rings. The summed E-state index contributed by atoms with van der Waals surface area (Å²) in [4.78, 5) is 21.0. The molecule has 0 spiro atoms. The third-order valence-electron chi connectivity index (χ3n) is 1.76. The third-order valence-corrected chi connectivity index (χ3v) is 1.76. The zero-order chi connectivity index (χ0) is 11.8. The molecule has 0 aliphatic heterocycles. The standard InChI is InChI=1S/C10H16N4O2/c1-14(2)7-6-11-9(15)8-16-10-12-4-3-5-13-10/h3-5H,6-8H2,1-2H3,(H,11,15). The van der Waals surface area contributed by atoms with Crippen molar-refractivity contribution in [2.45, 2.75) is 0 Å². The molecule has 0 saturated carbocycles. The number of rotatable bonds is 6. The van der Waals surface area contributed by atoms with E-state index in [1.807, 2.05) is 19.0 Å². The van der Waals surface area contributed by atoms with E-state index in [0.29, 0.717) is 6.54 Å². The Kier molecular flexibility index (Phi) is 5.21. The van der Waals surface area contributed by atoms with Crippen LogP contribution in [0.1, 0.15) is 0 Å². The van der Waals surface area contributed by atoms with Crippen LogP contribution < -0.4 is 10.1 Å². The molecule has 6 heteroatoms. The Labute approximate surface area is 94.6 Å². The van der Waals surface area contributed by atoms with Crippen LogP contribution in [-0.2, 0) is 4.79 Å². The highest BCUT2D eigenvalue weighted by molar-refractivity contribution is 5.77. The van der Waals surface area contributed by atoms with Crippen LogP contribution in [0.3, 0.4) is 0 Å². The number of carbonyl (C=O) groups excluding carboxylic acids is 1. The maximum Gasteiger partial charge on any atom is 0.316 e. The largest absolute Gasteiger partial charge is 0.453 e. The first-order valence-corrected chi connectivity index (χ1v) is 4.99. The number of likely N-dealkylation sites (N-methyl/N-ethyl adjacent to an activating group) is 1. The molecule has 88 valence electrons. The van der Waals surface area contributed by atoms with Crippen LogP contribution in [-0.4, -0.2) is 54.6 Å². The smallest absolute Gasteiger partial charge is 0.316 e.